The number of nitrogens with one attached hydrogen (secondary N) is 2. The molecular weight excluding hydrogens is 367 g/mol. The maximum atomic E-state index is 13.3. The van der Waals surface area contributed by atoms with Gasteiger partial charge in [-0.05, 0) is 62.7 Å². The zero-order valence-electron chi connectivity index (χ0n) is 16.7. The average molecular weight is 392 g/mol. The molecule has 2 unspecified atom stereocenters. The summed E-state index contributed by atoms with van der Waals surface area (Å²) in [6.07, 6.45) is 2.63. The van der Waals surface area contributed by atoms with Gasteiger partial charge >= 0.3 is 0 Å². The number of amides is 1. The molecule has 2 atom stereocenters. The van der Waals surface area contributed by atoms with E-state index in [1.165, 1.54) is 12.1 Å². The van der Waals surface area contributed by atoms with E-state index in [2.05, 4.69) is 22.7 Å². The predicted octanol–water partition coefficient (Wildman–Crippen LogP) is 3.71. The molecule has 0 spiro atoms. The van der Waals surface area contributed by atoms with Gasteiger partial charge in [-0.3, -0.25) is 4.79 Å². The van der Waals surface area contributed by atoms with Crippen molar-refractivity contribution in [2.45, 2.75) is 26.3 Å². The van der Waals surface area contributed by atoms with Crippen molar-refractivity contribution in [2.75, 3.05) is 13.1 Å². The van der Waals surface area contributed by atoms with E-state index in [0.717, 1.165) is 30.6 Å². The third-order valence-electron chi connectivity index (χ3n) is 5.44. The van der Waals surface area contributed by atoms with Crippen molar-refractivity contribution in [2.24, 2.45) is 5.92 Å². The van der Waals surface area contributed by atoms with Crippen molar-refractivity contribution < 1.29 is 9.18 Å². The first-order valence-electron chi connectivity index (χ1n) is 9.95. The molecular formula is C23H25FN4O. The van der Waals surface area contributed by atoms with Gasteiger partial charge in [-0.2, -0.15) is 5.10 Å². The number of aryl methyl sites for hydroxylation is 1. The van der Waals surface area contributed by atoms with Gasteiger partial charge < -0.3 is 10.6 Å². The standard InChI is InChI=1S/C23H25FN4O/c1-15-4-3-5-17(12-15)22-20(23(29)26-21-10-11-25-13-16(21)2)14-28(27-22)19-8-6-18(24)7-9-19/h3-9,12,14,16,21,25H,10-11,13H2,1-2H3,(H,26,29). The first kappa shape index (κ1) is 19.3. The normalized spacial score (nSPS) is 19.1. The molecule has 4 rings (SSSR count). The minimum absolute atomic E-state index is 0.128. The Hall–Kier alpha value is -2.99. The van der Waals surface area contributed by atoms with Gasteiger partial charge in [0.25, 0.3) is 5.91 Å². The zero-order chi connectivity index (χ0) is 20.4. The van der Waals surface area contributed by atoms with Gasteiger partial charge in [0.2, 0.25) is 0 Å². The lowest BCUT2D eigenvalue weighted by Gasteiger charge is -2.30. The number of carbonyl (C=O) groups is 1. The van der Waals surface area contributed by atoms with Crippen molar-refractivity contribution in [1.82, 2.24) is 20.4 Å². The Balaban J connectivity index is 1.72. The molecule has 1 aliphatic heterocycles. The molecule has 0 radical (unpaired) electrons. The summed E-state index contributed by atoms with van der Waals surface area (Å²) < 4.78 is 15.0. The van der Waals surface area contributed by atoms with E-state index < -0.39 is 0 Å². The Kier molecular flexibility index (Phi) is 5.45. The van der Waals surface area contributed by atoms with E-state index in [1.54, 1.807) is 23.0 Å². The monoisotopic (exact) mass is 392 g/mol. The molecule has 2 heterocycles. The van der Waals surface area contributed by atoms with Crippen molar-refractivity contribution in [3.05, 3.63) is 71.7 Å². The van der Waals surface area contributed by atoms with Gasteiger partial charge in [0.1, 0.15) is 11.5 Å². The fourth-order valence-electron chi connectivity index (χ4n) is 3.75. The Labute approximate surface area is 169 Å². The van der Waals surface area contributed by atoms with Crippen LogP contribution in [0.4, 0.5) is 4.39 Å². The summed E-state index contributed by atoms with van der Waals surface area (Å²) >= 11 is 0. The molecule has 5 nitrogen and oxygen atoms in total. The van der Waals surface area contributed by atoms with Gasteiger partial charge in [0, 0.05) is 17.8 Å². The lowest BCUT2D eigenvalue weighted by molar-refractivity contribution is 0.0915. The summed E-state index contributed by atoms with van der Waals surface area (Å²) in [7, 11) is 0. The molecule has 6 heteroatoms. The number of halogens is 1. The zero-order valence-corrected chi connectivity index (χ0v) is 16.7. The average Bonchev–Trinajstić information content (AvgIpc) is 3.16. The smallest absolute Gasteiger partial charge is 0.255 e. The molecule has 1 saturated heterocycles. The van der Waals surface area contributed by atoms with E-state index >= 15 is 0 Å². The van der Waals surface area contributed by atoms with Crippen LogP contribution in [0.25, 0.3) is 16.9 Å². The summed E-state index contributed by atoms with van der Waals surface area (Å²) in [6, 6.07) is 14.1. The second-order valence-electron chi connectivity index (χ2n) is 7.73. The summed E-state index contributed by atoms with van der Waals surface area (Å²) in [5, 5.41) is 11.2. The second-order valence-corrected chi connectivity index (χ2v) is 7.73. The molecule has 3 aromatic rings. The fraction of sp³-hybridized carbons (Fsp3) is 0.304. The molecule has 150 valence electrons. The van der Waals surface area contributed by atoms with Crippen LogP contribution in [0.15, 0.2) is 54.7 Å². The number of hydrogen-bond donors (Lipinski definition) is 2. The van der Waals surface area contributed by atoms with Crippen molar-refractivity contribution in [3.8, 4) is 16.9 Å². The fourth-order valence-corrected chi connectivity index (χ4v) is 3.75. The molecule has 1 fully saturated rings. The first-order valence-corrected chi connectivity index (χ1v) is 9.95. The molecule has 1 amide bonds. The van der Waals surface area contributed by atoms with Crippen LogP contribution in [0.2, 0.25) is 0 Å². The molecule has 1 aromatic heterocycles. The molecule has 2 N–H and O–H groups in total. The highest BCUT2D eigenvalue weighted by Crippen LogP contribution is 2.25. The molecule has 0 bridgehead atoms. The highest BCUT2D eigenvalue weighted by atomic mass is 19.1. The van der Waals surface area contributed by atoms with Crippen LogP contribution in [0.3, 0.4) is 0 Å². The van der Waals surface area contributed by atoms with Gasteiger partial charge in [-0.1, -0.05) is 30.7 Å². The van der Waals surface area contributed by atoms with E-state index in [0.29, 0.717) is 22.9 Å². The van der Waals surface area contributed by atoms with Crippen LogP contribution in [-0.2, 0) is 0 Å². The number of carbonyl (C=O) groups excluding carboxylic acids is 1. The van der Waals surface area contributed by atoms with Crippen LogP contribution in [-0.4, -0.2) is 34.8 Å². The van der Waals surface area contributed by atoms with Crippen molar-refractivity contribution in [3.63, 3.8) is 0 Å². The summed E-state index contributed by atoms with van der Waals surface area (Å²) in [6.45, 7) is 5.94. The Morgan fingerprint density at radius 3 is 2.76 bits per heavy atom. The Bertz CT molecular complexity index is 1010. The maximum Gasteiger partial charge on any atom is 0.255 e. The molecule has 1 aliphatic rings. The summed E-state index contributed by atoms with van der Waals surface area (Å²) in [5.74, 6) is -0.0754. The van der Waals surface area contributed by atoms with Crippen LogP contribution in [0, 0.1) is 18.7 Å². The van der Waals surface area contributed by atoms with Crippen LogP contribution >= 0.6 is 0 Å². The van der Waals surface area contributed by atoms with Gasteiger partial charge in [0.05, 0.1) is 11.3 Å². The van der Waals surface area contributed by atoms with Crippen molar-refractivity contribution in [1.29, 1.82) is 0 Å². The van der Waals surface area contributed by atoms with E-state index in [1.807, 2.05) is 31.2 Å². The number of piperidine rings is 1. The molecule has 0 aliphatic carbocycles. The van der Waals surface area contributed by atoms with Gasteiger partial charge in [0.15, 0.2) is 0 Å². The number of nitrogens with zero attached hydrogens (tertiary/aromatic N) is 2. The molecule has 2 aromatic carbocycles. The van der Waals surface area contributed by atoms with Crippen molar-refractivity contribution >= 4 is 5.91 Å². The number of aromatic nitrogens is 2. The second kappa shape index (κ2) is 8.17. The first-order chi connectivity index (χ1) is 14.0. The molecule has 0 saturated carbocycles. The van der Waals surface area contributed by atoms with E-state index in [-0.39, 0.29) is 17.8 Å². The SMILES string of the molecule is Cc1cccc(-c2nn(-c3ccc(F)cc3)cc2C(=O)NC2CCNCC2C)c1. The quantitative estimate of drug-likeness (QED) is 0.712. The van der Waals surface area contributed by atoms with Crippen LogP contribution < -0.4 is 10.6 Å². The Morgan fingerprint density at radius 1 is 1.24 bits per heavy atom. The number of benzene rings is 2. The highest BCUT2D eigenvalue weighted by molar-refractivity contribution is 6.00. The lowest BCUT2D eigenvalue weighted by Crippen LogP contribution is -2.48. The minimum Gasteiger partial charge on any atom is -0.349 e. The third kappa shape index (κ3) is 4.22. The van der Waals surface area contributed by atoms with Crippen LogP contribution in [0.1, 0.15) is 29.3 Å². The summed E-state index contributed by atoms with van der Waals surface area (Å²) in [4.78, 5) is 13.2. The minimum atomic E-state index is -0.308. The van der Waals surface area contributed by atoms with E-state index in [4.69, 9.17) is 0 Å². The highest BCUT2D eigenvalue weighted by Gasteiger charge is 2.26. The Morgan fingerprint density at radius 2 is 2.03 bits per heavy atom. The van der Waals surface area contributed by atoms with Crippen LogP contribution in [0.5, 0.6) is 0 Å². The topological polar surface area (TPSA) is 59.0 Å². The molecule has 29 heavy (non-hydrogen) atoms. The predicted molar refractivity (Wildman–Crippen MR) is 112 cm³/mol. The summed E-state index contributed by atoms with van der Waals surface area (Å²) in [5.41, 5.74) is 3.82. The largest absolute Gasteiger partial charge is 0.349 e. The third-order valence-corrected chi connectivity index (χ3v) is 5.44. The number of hydrogen-bond acceptors (Lipinski definition) is 3. The number of rotatable bonds is 4. The maximum absolute atomic E-state index is 13.3. The van der Waals surface area contributed by atoms with E-state index in [9.17, 15) is 9.18 Å². The van der Waals surface area contributed by atoms with Gasteiger partial charge in [-0.15, -0.1) is 0 Å². The van der Waals surface area contributed by atoms with Gasteiger partial charge in [-0.25, -0.2) is 9.07 Å². The lowest BCUT2D eigenvalue weighted by atomic mass is 9.95.